The van der Waals surface area contributed by atoms with Gasteiger partial charge in [0.05, 0.1) is 17.1 Å². The number of aromatic nitrogens is 1. The number of ether oxygens (including phenoxy) is 1. The number of hydrogen-bond donors (Lipinski definition) is 0. The Kier molecular flexibility index (Phi) is 10.5. The van der Waals surface area contributed by atoms with Crippen LogP contribution in [0.4, 0.5) is 17.1 Å². The second-order valence-corrected chi connectivity index (χ2v) is 16.1. The van der Waals surface area contributed by atoms with Gasteiger partial charge < -0.3 is 14.2 Å². The van der Waals surface area contributed by atoms with Gasteiger partial charge in [-0.2, -0.15) is 0 Å². The van der Waals surface area contributed by atoms with Crippen LogP contribution < -0.4 is 9.64 Å². The van der Waals surface area contributed by atoms with Crippen molar-refractivity contribution in [3.8, 4) is 33.7 Å². The van der Waals surface area contributed by atoms with Crippen LogP contribution >= 0.6 is 0 Å². The molecule has 0 bridgehead atoms. The summed E-state index contributed by atoms with van der Waals surface area (Å²) < 4.78 is 8.40. The molecule has 0 spiro atoms. The standard InChI is InChI=1S/C53H52N2O/c1-36(2)33-49(37(3)4)41-19-17-39(18-20-41)42-23-31-52-50(34-42)51-35-43(24-32-53(51)55(52)47-27-29-48(30-28-47)56-38(5)6)40-21-25-46(26-22-40)54(44-13-9-7-10-14-44)45-15-11-8-12-16-45/h7-32,34-38,49H,33H2,1-6H3. The van der Waals surface area contributed by atoms with Crippen LogP contribution in [0.25, 0.3) is 49.7 Å². The summed E-state index contributed by atoms with van der Waals surface area (Å²) in [7, 11) is 0. The summed E-state index contributed by atoms with van der Waals surface area (Å²) in [4.78, 5) is 2.31. The largest absolute Gasteiger partial charge is 0.491 e. The molecule has 1 atom stereocenters. The van der Waals surface area contributed by atoms with Gasteiger partial charge in [0.1, 0.15) is 5.75 Å². The fourth-order valence-electron chi connectivity index (χ4n) is 8.23. The van der Waals surface area contributed by atoms with Crippen LogP contribution in [0.15, 0.2) is 170 Å². The van der Waals surface area contributed by atoms with Crippen molar-refractivity contribution < 1.29 is 4.74 Å². The van der Waals surface area contributed by atoms with Crippen molar-refractivity contribution >= 4 is 38.9 Å². The first-order valence-electron chi connectivity index (χ1n) is 20.2. The van der Waals surface area contributed by atoms with Gasteiger partial charge in [0.25, 0.3) is 0 Å². The zero-order valence-corrected chi connectivity index (χ0v) is 33.5. The van der Waals surface area contributed by atoms with E-state index < -0.39 is 0 Å². The van der Waals surface area contributed by atoms with Crippen molar-refractivity contribution in [1.29, 1.82) is 0 Å². The van der Waals surface area contributed by atoms with Crippen molar-refractivity contribution in [2.24, 2.45) is 11.8 Å². The predicted octanol–water partition coefficient (Wildman–Crippen LogP) is 15.2. The summed E-state index contributed by atoms with van der Waals surface area (Å²) in [6, 6.07) is 61.8. The van der Waals surface area contributed by atoms with Crippen molar-refractivity contribution in [3.05, 3.63) is 175 Å². The van der Waals surface area contributed by atoms with E-state index in [1.54, 1.807) is 0 Å². The summed E-state index contributed by atoms with van der Waals surface area (Å²) in [5, 5.41) is 2.47. The van der Waals surface area contributed by atoms with E-state index in [0.717, 1.165) is 28.5 Å². The molecular weight excluding hydrogens is 681 g/mol. The number of nitrogens with zero attached hydrogens (tertiary/aromatic N) is 2. The quantitative estimate of drug-likeness (QED) is 0.124. The van der Waals surface area contributed by atoms with Crippen LogP contribution in [0, 0.1) is 11.8 Å². The van der Waals surface area contributed by atoms with Gasteiger partial charge in [-0.1, -0.05) is 113 Å². The van der Waals surface area contributed by atoms with Crippen LogP contribution in [-0.2, 0) is 0 Å². The molecule has 0 N–H and O–H groups in total. The molecule has 0 saturated heterocycles. The Morgan fingerprint density at radius 3 is 1.41 bits per heavy atom. The van der Waals surface area contributed by atoms with Gasteiger partial charge in [0, 0.05) is 33.5 Å². The minimum Gasteiger partial charge on any atom is -0.491 e. The highest BCUT2D eigenvalue weighted by molar-refractivity contribution is 6.11. The second kappa shape index (κ2) is 16.0. The first-order chi connectivity index (χ1) is 27.2. The maximum atomic E-state index is 6.01. The molecule has 56 heavy (non-hydrogen) atoms. The Morgan fingerprint density at radius 2 is 0.946 bits per heavy atom. The lowest BCUT2D eigenvalue weighted by Crippen LogP contribution is -2.09. The maximum absolute atomic E-state index is 6.01. The normalized spacial score (nSPS) is 12.2. The van der Waals surface area contributed by atoms with E-state index in [-0.39, 0.29) is 6.10 Å². The molecule has 7 aromatic carbocycles. The van der Waals surface area contributed by atoms with Gasteiger partial charge in [0.2, 0.25) is 0 Å². The Labute approximate surface area is 332 Å². The van der Waals surface area contributed by atoms with E-state index in [4.69, 9.17) is 4.74 Å². The van der Waals surface area contributed by atoms with Gasteiger partial charge in [-0.25, -0.2) is 0 Å². The van der Waals surface area contributed by atoms with E-state index in [1.807, 2.05) is 0 Å². The van der Waals surface area contributed by atoms with Crippen molar-refractivity contribution in [2.45, 2.75) is 60.0 Å². The van der Waals surface area contributed by atoms with E-state index in [9.17, 15) is 0 Å². The Balaban J connectivity index is 1.21. The van der Waals surface area contributed by atoms with Crippen molar-refractivity contribution in [3.63, 3.8) is 0 Å². The molecule has 280 valence electrons. The molecule has 1 heterocycles. The van der Waals surface area contributed by atoms with E-state index in [2.05, 4.69) is 221 Å². The monoisotopic (exact) mass is 732 g/mol. The lowest BCUT2D eigenvalue weighted by molar-refractivity contribution is 0.242. The minimum absolute atomic E-state index is 0.125. The van der Waals surface area contributed by atoms with Crippen molar-refractivity contribution in [2.75, 3.05) is 4.90 Å². The first kappa shape index (κ1) is 36.9. The topological polar surface area (TPSA) is 17.4 Å². The number of benzene rings is 7. The molecule has 0 aliphatic rings. The third kappa shape index (κ3) is 7.59. The molecule has 0 fully saturated rings. The Bertz CT molecular complexity index is 2490. The molecule has 0 amide bonds. The number of hydrogen-bond acceptors (Lipinski definition) is 2. The lowest BCUT2D eigenvalue weighted by atomic mass is 9.82. The molecular formula is C53H52N2O. The number of rotatable bonds is 12. The lowest BCUT2D eigenvalue weighted by Gasteiger charge is -2.25. The summed E-state index contributed by atoms with van der Waals surface area (Å²) in [6.07, 6.45) is 1.33. The third-order valence-corrected chi connectivity index (χ3v) is 10.9. The Hall–Kier alpha value is -6.06. The summed E-state index contributed by atoms with van der Waals surface area (Å²) >= 11 is 0. The van der Waals surface area contributed by atoms with Crippen LogP contribution in [-0.4, -0.2) is 10.7 Å². The molecule has 3 heteroatoms. The summed E-state index contributed by atoms with van der Waals surface area (Å²) in [5.74, 6) is 2.72. The Morgan fingerprint density at radius 1 is 0.482 bits per heavy atom. The van der Waals surface area contributed by atoms with E-state index >= 15 is 0 Å². The van der Waals surface area contributed by atoms with Gasteiger partial charge in [0.15, 0.2) is 0 Å². The molecule has 3 nitrogen and oxygen atoms in total. The number of fused-ring (bicyclic) bond motifs is 3. The molecule has 8 aromatic rings. The molecule has 0 radical (unpaired) electrons. The zero-order valence-electron chi connectivity index (χ0n) is 33.5. The van der Waals surface area contributed by atoms with Gasteiger partial charge in [-0.05, 0) is 151 Å². The average Bonchev–Trinajstić information content (AvgIpc) is 3.54. The average molecular weight is 733 g/mol. The van der Waals surface area contributed by atoms with Crippen molar-refractivity contribution in [1.82, 2.24) is 4.57 Å². The highest BCUT2D eigenvalue weighted by Crippen LogP contribution is 2.40. The molecule has 0 aliphatic carbocycles. The molecule has 8 rings (SSSR count). The molecule has 1 aromatic heterocycles. The van der Waals surface area contributed by atoms with E-state index in [1.165, 1.54) is 56.0 Å². The SMILES string of the molecule is CC(C)CC(c1ccc(-c2ccc3c(c2)c2cc(-c4ccc(N(c5ccccc5)c5ccccc5)cc4)ccc2n3-c2ccc(OC(C)C)cc2)cc1)C(C)C. The fourth-order valence-corrected chi connectivity index (χ4v) is 8.23. The van der Waals surface area contributed by atoms with E-state index in [0.29, 0.717) is 17.8 Å². The number of anilines is 3. The fraction of sp³-hybridized carbons (Fsp3) is 0.208. The molecule has 0 aliphatic heterocycles. The maximum Gasteiger partial charge on any atom is 0.119 e. The zero-order chi connectivity index (χ0) is 38.8. The second-order valence-electron chi connectivity index (χ2n) is 16.1. The van der Waals surface area contributed by atoms with Crippen LogP contribution in [0.1, 0.15) is 59.4 Å². The number of para-hydroxylation sites is 2. The predicted molar refractivity (Wildman–Crippen MR) is 239 cm³/mol. The molecule has 0 saturated carbocycles. The highest BCUT2D eigenvalue weighted by atomic mass is 16.5. The van der Waals surface area contributed by atoms with Gasteiger partial charge in [-0.3, -0.25) is 0 Å². The highest BCUT2D eigenvalue weighted by Gasteiger charge is 2.19. The van der Waals surface area contributed by atoms with Crippen LogP contribution in [0.3, 0.4) is 0 Å². The first-order valence-corrected chi connectivity index (χ1v) is 20.2. The van der Waals surface area contributed by atoms with Crippen LogP contribution in [0.2, 0.25) is 0 Å². The van der Waals surface area contributed by atoms with Crippen LogP contribution in [0.5, 0.6) is 5.75 Å². The minimum atomic E-state index is 0.125. The summed E-state index contributed by atoms with van der Waals surface area (Å²) in [5.41, 5.74) is 13.1. The molecule has 1 unspecified atom stereocenters. The van der Waals surface area contributed by atoms with Gasteiger partial charge in [-0.15, -0.1) is 0 Å². The summed E-state index contributed by atoms with van der Waals surface area (Å²) in [6.45, 7) is 13.5. The van der Waals surface area contributed by atoms with Gasteiger partial charge >= 0.3 is 0 Å². The third-order valence-electron chi connectivity index (χ3n) is 10.9. The smallest absolute Gasteiger partial charge is 0.119 e.